The minimum Gasteiger partial charge on any atom is -0.361 e. The Morgan fingerprint density at radius 1 is 0.867 bits per heavy atom. The summed E-state index contributed by atoms with van der Waals surface area (Å²) in [5.74, 6) is 0. The van der Waals surface area contributed by atoms with E-state index in [9.17, 15) is 0 Å². The van der Waals surface area contributed by atoms with E-state index in [-0.39, 0.29) is 0 Å². The minimum atomic E-state index is 0.904. The van der Waals surface area contributed by atoms with Crippen LogP contribution in [-0.4, -0.2) is 4.98 Å². The zero-order valence-corrected chi connectivity index (χ0v) is 17.9. The zero-order chi connectivity index (χ0) is 20.6. The molecule has 148 valence electrons. The van der Waals surface area contributed by atoms with Crippen molar-refractivity contribution >= 4 is 27.8 Å². The quantitative estimate of drug-likeness (QED) is 0.321. The highest BCUT2D eigenvalue weighted by Gasteiger charge is 2.04. The van der Waals surface area contributed by atoms with Gasteiger partial charge in [-0.05, 0) is 65.8 Å². The maximum absolute atomic E-state index is 3.34. The number of allylic oxidation sites excluding steroid dienone is 4. The van der Waals surface area contributed by atoms with Crippen molar-refractivity contribution in [3.8, 4) is 10.4 Å². The topological polar surface area (TPSA) is 15.8 Å². The molecule has 0 saturated carbocycles. The molecule has 1 nitrogen and oxygen atoms in total. The van der Waals surface area contributed by atoms with Crippen LogP contribution in [0.4, 0.5) is 0 Å². The van der Waals surface area contributed by atoms with Gasteiger partial charge < -0.3 is 4.98 Å². The first-order valence-corrected chi connectivity index (χ1v) is 11.0. The minimum absolute atomic E-state index is 0.904. The van der Waals surface area contributed by atoms with Gasteiger partial charge in [-0.1, -0.05) is 78.9 Å². The van der Waals surface area contributed by atoms with Crippen molar-refractivity contribution in [2.75, 3.05) is 0 Å². The van der Waals surface area contributed by atoms with Crippen LogP contribution in [0, 0.1) is 0 Å². The Bertz CT molecular complexity index is 1220. The van der Waals surface area contributed by atoms with Crippen molar-refractivity contribution in [2.24, 2.45) is 0 Å². The van der Waals surface area contributed by atoms with Gasteiger partial charge in [-0.15, -0.1) is 11.3 Å². The lowest BCUT2D eigenvalue weighted by Crippen LogP contribution is -1.83. The van der Waals surface area contributed by atoms with Crippen molar-refractivity contribution in [3.05, 3.63) is 126 Å². The Balaban J connectivity index is 1.51. The van der Waals surface area contributed by atoms with E-state index >= 15 is 0 Å². The lowest BCUT2D eigenvalue weighted by Gasteiger charge is -2.01. The molecule has 0 spiro atoms. The van der Waals surface area contributed by atoms with Crippen LogP contribution in [0.25, 0.3) is 26.9 Å². The number of aromatic nitrogens is 1. The molecule has 4 rings (SSSR count). The van der Waals surface area contributed by atoms with Gasteiger partial charge in [0.2, 0.25) is 0 Å². The Kier molecular flexibility index (Phi) is 6.58. The second-order valence-electron chi connectivity index (χ2n) is 7.05. The molecule has 0 aliphatic heterocycles. The fourth-order valence-corrected chi connectivity index (χ4v) is 4.45. The van der Waals surface area contributed by atoms with Gasteiger partial charge in [0.1, 0.15) is 0 Å². The summed E-state index contributed by atoms with van der Waals surface area (Å²) in [5, 5.41) is 1.20. The molecular weight excluding hydrogens is 382 g/mol. The van der Waals surface area contributed by atoms with Gasteiger partial charge in [-0.3, -0.25) is 0 Å². The molecule has 0 aliphatic rings. The third-order valence-corrected chi connectivity index (χ3v) is 6.15. The molecule has 0 radical (unpaired) electrons. The lowest BCUT2D eigenvalue weighted by molar-refractivity contribution is 1.28. The Morgan fingerprint density at radius 2 is 1.67 bits per heavy atom. The van der Waals surface area contributed by atoms with Crippen LogP contribution in [0.2, 0.25) is 0 Å². The van der Waals surface area contributed by atoms with Gasteiger partial charge in [0.05, 0.1) is 0 Å². The van der Waals surface area contributed by atoms with Gasteiger partial charge >= 0.3 is 0 Å². The maximum atomic E-state index is 3.34. The van der Waals surface area contributed by atoms with Gasteiger partial charge in [-0.2, -0.15) is 0 Å². The normalized spacial score (nSPS) is 11.7. The summed E-state index contributed by atoms with van der Waals surface area (Å²) in [6.07, 6.45) is 9.55. The summed E-state index contributed by atoms with van der Waals surface area (Å²) in [7, 11) is 0. The van der Waals surface area contributed by atoms with Crippen molar-refractivity contribution in [1.29, 1.82) is 0 Å². The fraction of sp³-hybridized carbons (Fsp3) is 0.0714. The van der Waals surface area contributed by atoms with Gasteiger partial charge in [0.25, 0.3) is 0 Å². The monoisotopic (exact) mass is 407 g/mol. The Morgan fingerprint density at radius 3 is 2.53 bits per heavy atom. The highest BCUT2D eigenvalue weighted by molar-refractivity contribution is 7.16. The molecule has 4 aromatic rings. The summed E-state index contributed by atoms with van der Waals surface area (Å²) < 4.78 is 0. The van der Waals surface area contributed by atoms with E-state index in [2.05, 4.69) is 103 Å². The number of benzene rings is 2. The SMILES string of the molecule is CC=C(C=CCc1ccc2[nH]ccccccc2c1)c1ccc(-c2ccccc2)s1. The predicted molar refractivity (Wildman–Crippen MR) is 132 cm³/mol. The molecule has 2 aromatic heterocycles. The standard InChI is InChI=1S/C28H25NS/c1-2-23(27-18-19-28(30-27)24-12-7-5-8-13-24)15-10-11-22-16-17-26-25(21-22)14-6-3-4-9-20-29-26/h2-10,12-21,29H,11H2,1H3. The third kappa shape index (κ3) is 4.97. The largest absolute Gasteiger partial charge is 0.361 e. The number of thiophene rings is 1. The smallest absolute Gasteiger partial charge is 0.0453 e. The van der Waals surface area contributed by atoms with Crippen molar-refractivity contribution in [2.45, 2.75) is 13.3 Å². The fourth-order valence-electron chi connectivity index (χ4n) is 3.38. The molecule has 0 atom stereocenters. The summed E-state index contributed by atoms with van der Waals surface area (Å²) in [6, 6.07) is 31.9. The van der Waals surface area contributed by atoms with Crippen LogP contribution in [0.5, 0.6) is 0 Å². The molecule has 2 heterocycles. The zero-order valence-electron chi connectivity index (χ0n) is 17.1. The van der Waals surface area contributed by atoms with Gasteiger partial charge in [0, 0.05) is 21.5 Å². The molecule has 0 saturated heterocycles. The first-order valence-electron chi connectivity index (χ1n) is 10.2. The van der Waals surface area contributed by atoms with Crippen LogP contribution in [-0.2, 0) is 6.42 Å². The Hall–Kier alpha value is -3.36. The molecule has 0 amide bonds. The Labute approximate surface area is 182 Å². The summed E-state index contributed by atoms with van der Waals surface area (Å²) in [4.78, 5) is 5.95. The molecule has 0 aliphatic carbocycles. The number of hydrogen-bond acceptors (Lipinski definition) is 1. The molecule has 2 aromatic carbocycles. The van der Waals surface area contributed by atoms with Crippen molar-refractivity contribution in [1.82, 2.24) is 4.98 Å². The van der Waals surface area contributed by atoms with E-state index in [4.69, 9.17) is 0 Å². The predicted octanol–water partition coefficient (Wildman–Crippen LogP) is 8.22. The van der Waals surface area contributed by atoms with Gasteiger partial charge in [0.15, 0.2) is 0 Å². The molecule has 2 heteroatoms. The number of hydrogen-bond donors (Lipinski definition) is 1. The van der Waals surface area contributed by atoms with Crippen LogP contribution in [0.15, 0.2) is 115 Å². The third-order valence-electron chi connectivity index (χ3n) is 4.97. The van der Waals surface area contributed by atoms with E-state index in [1.54, 1.807) is 0 Å². The van der Waals surface area contributed by atoms with E-state index < -0.39 is 0 Å². The van der Waals surface area contributed by atoms with E-state index in [1.807, 2.05) is 35.7 Å². The highest BCUT2D eigenvalue weighted by atomic mass is 32.1. The summed E-state index contributed by atoms with van der Waals surface area (Å²) in [5.41, 5.74) is 4.97. The maximum Gasteiger partial charge on any atom is 0.0453 e. The number of rotatable bonds is 5. The number of fused-ring (bicyclic) bond motifs is 1. The van der Waals surface area contributed by atoms with Crippen LogP contribution in [0.1, 0.15) is 17.4 Å². The van der Waals surface area contributed by atoms with Crippen molar-refractivity contribution < 1.29 is 0 Å². The highest BCUT2D eigenvalue weighted by Crippen LogP contribution is 2.32. The second-order valence-corrected chi connectivity index (χ2v) is 8.13. The first-order chi connectivity index (χ1) is 14.8. The number of H-pyrrole nitrogens is 1. The van der Waals surface area contributed by atoms with Gasteiger partial charge in [-0.25, -0.2) is 0 Å². The van der Waals surface area contributed by atoms with Crippen LogP contribution in [0.3, 0.4) is 0 Å². The molecule has 30 heavy (non-hydrogen) atoms. The average Bonchev–Trinajstić information content (AvgIpc) is 3.30. The molecule has 0 fully saturated rings. The molecule has 0 unspecified atom stereocenters. The number of aromatic amines is 1. The van der Waals surface area contributed by atoms with Crippen LogP contribution < -0.4 is 0 Å². The average molecular weight is 408 g/mol. The molecule has 0 bridgehead atoms. The van der Waals surface area contributed by atoms with E-state index in [0.29, 0.717) is 0 Å². The number of nitrogens with one attached hydrogen (secondary N) is 1. The van der Waals surface area contributed by atoms with Crippen molar-refractivity contribution in [3.63, 3.8) is 0 Å². The molecule has 1 N–H and O–H groups in total. The van der Waals surface area contributed by atoms with Crippen LogP contribution >= 0.6 is 11.3 Å². The summed E-state index contributed by atoms with van der Waals surface area (Å²) >= 11 is 1.84. The summed E-state index contributed by atoms with van der Waals surface area (Å²) in [6.45, 7) is 2.10. The molecular formula is C28H25NS. The van der Waals surface area contributed by atoms with E-state index in [0.717, 1.165) is 11.9 Å². The van der Waals surface area contributed by atoms with E-state index in [1.165, 1.54) is 31.8 Å². The first kappa shape index (κ1) is 19.9. The lowest BCUT2D eigenvalue weighted by atomic mass is 10.1. The second kappa shape index (κ2) is 9.91.